The van der Waals surface area contributed by atoms with E-state index in [1.807, 2.05) is 31.2 Å². The summed E-state index contributed by atoms with van der Waals surface area (Å²) in [7, 11) is 1.69. The van der Waals surface area contributed by atoms with E-state index in [0.717, 1.165) is 11.3 Å². The van der Waals surface area contributed by atoms with Crippen LogP contribution in [0.4, 0.5) is 10.1 Å². The molecule has 0 bridgehead atoms. The zero-order valence-corrected chi connectivity index (χ0v) is 12.2. The molecule has 0 aliphatic heterocycles. The van der Waals surface area contributed by atoms with E-state index in [1.54, 1.807) is 13.1 Å². The lowest BCUT2D eigenvalue weighted by atomic mass is 10.1. The summed E-state index contributed by atoms with van der Waals surface area (Å²) in [4.78, 5) is 13.8. The van der Waals surface area contributed by atoms with Crippen LogP contribution in [0, 0.1) is 12.7 Å². The Labute approximate surface area is 120 Å². The summed E-state index contributed by atoms with van der Waals surface area (Å²) in [5.41, 5.74) is 2.14. The first-order valence-corrected chi connectivity index (χ1v) is 6.58. The molecule has 19 heavy (non-hydrogen) atoms. The molecule has 2 nitrogen and oxygen atoms in total. The van der Waals surface area contributed by atoms with E-state index in [4.69, 9.17) is 0 Å². The molecule has 1 amide bonds. The summed E-state index contributed by atoms with van der Waals surface area (Å²) in [5.74, 6) is -0.676. The standard InChI is InChI=1S/C15H13BrFNO/c1-10-5-3-4-6-14(10)18(2)15(19)11-7-8-12(16)13(17)9-11/h3-9H,1-2H3. The molecule has 4 heteroatoms. The van der Waals surface area contributed by atoms with Crippen LogP contribution < -0.4 is 4.90 Å². The van der Waals surface area contributed by atoms with Crippen LogP contribution in [-0.2, 0) is 0 Å². The van der Waals surface area contributed by atoms with E-state index >= 15 is 0 Å². The van der Waals surface area contributed by atoms with Gasteiger partial charge in [-0.3, -0.25) is 4.79 Å². The van der Waals surface area contributed by atoms with Gasteiger partial charge in [0.1, 0.15) is 5.82 Å². The van der Waals surface area contributed by atoms with E-state index in [9.17, 15) is 9.18 Å². The molecule has 0 saturated heterocycles. The van der Waals surface area contributed by atoms with Crippen LogP contribution in [-0.4, -0.2) is 13.0 Å². The largest absolute Gasteiger partial charge is 0.311 e. The van der Waals surface area contributed by atoms with Crippen LogP contribution in [0.1, 0.15) is 15.9 Å². The minimum atomic E-state index is -0.441. The van der Waals surface area contributed by atoms with Crippen molar-refractivity contribution in [2.24, 2.45) is 0 Å². The predicted octanol–water partition coefficient (Wildman–Crippen LogP) is 4.17. The number of carbonyl (C=O) groups is 1. The maximum atomic E-state index is 13.5. The second kappa shape index (κ2) is 5.53. The van der Waals surface area contributed by atoms with Gasteiger partial charge in [-0.1, -0.05) is 18.2 Å². The molecule has 2 aromatic carbocycles. The second-order valence-electron chi connectivity index (χ2n) is 4.28. The molecule has 0 spiro atoms. The lowest BCUT2D eigenvalue weighted by Crippen LogP contribution is -2.26. The third-order valence-corrected chi connectivity index (χ3v) is 3.59. The van der Waals surface area contributed by atoms with Crippen LogP contribution in [0.2, 0.25) is 0 Å². The Morgan fingerprint density at radius 2 is 1.89 bits per heavy atom. The SMILES string of the molecule is Cc1ccccc1N(C)C(=O)c1ccc(Br)c(F)c1. The zero-order valence-electron chi connectivity index (χ0n) is 10.7. The molecule has 2 rings (SSSR count). The number of rotatable bonds is 2. The van der Waals surface area contributed by atoms with Crippen LogP contribution in [0.15, 0.2) is 46.9 Å². The lowest BCUT2D eigenvalue weighted by Gasteiger charge is -2.19. The number of anilines is 1. The Hall–Kier alpha value is -1.68. The fourth-order valence-electron chi connectivity index (χ4n) is 1.87. The molecule has 0 unspecified atom stereocenters. The fourth-order valence-corrected chi connectivity index (χ4v) is 2.12. The maximum absolute atomic E-state index is 13.5. The normalized spacial score (nSPS) is 10.3. The summed E-state index contributed by atoms with van der Waals surface area (Å²) < 4.78 is 13.8. The number of hydrogen-bond donors (Lipinski definition) is 0. The Balaban J connectivity index is 2.34. The highest BCUT2D eigenvalue weighted by Crippen LogP contribution is 2.22. The van der Waals surface area contributed by atoms with Crippen molar-refractivity contribution >= 4 is 27.5 Å². The molecule has 0 fully saturated rings. The van der Waals surface area contributed by atoms with E-state index < -0.39 is 5.82 Å². The van der Waals surface area contributed by atoms with Crippen molar-refractivity contribution in [3.8, 4) is 0 Å². The van der Waals surface area contributed by atoms with Crippen molar-refractivity contribution in [1.29, 1.82) is 0 Å². The average Bonchev–Trinajstić information content (AvgIpc) is 2.41. The summed E-state index contributed by atoms with van der Waals surface area (Å²) >= 11 is 3.07. The Bertz CT molecular complexity index is 627. The number of amides is 1. The number of para-hydroxylation sites is 1. The number of benzene rings is 2. The van der Waals surface area contributed by atoms with Gasteiger partial charge < -0.3 is 4.90 Å². The summed E-state index contributed by atoms with van der Waals surface area (Å²) in [6, 6.07) is 12.0. The molecule has 0 heterocycles. The van der Waals surface area contributed by atoms with Gasteiger partial charge in [-0.05, 0) is 52.7 Å². The highest BCUT2D eigenvalue weighted by atomic mass is 79.9. The van der Waals surface area contributed by atoms with Crippen LogP contribution in [0.3, 0.4) is 0 Å². The Kier molecular flexibility index (Phi) is 4.00. The highest BCUT2D eigenvalue weighted by molar-refractivity contribution is 9.10. The molecule has 98 valence electrons. The van der Waals surface area contributed by atoms with Gasteiger partial charge in [-0.15, -0.1) is 0 Å². The quantitative estimate of drug-likeness (QED) is 0.812. The minimum Gasteiger partial charge on any atom is -0.311 e. The molecule has 0 aliphatic rings. The predicted molar refractivity (Wildman–Crippen MR) is 78.0 cm³/mol. The van der Waals surface area contributed by atoms with Crippen molar-refractivity contribution in [3.63, 3.8) is 0 Å². The third-order valence-electron chi connectivity index (χ3n) is 2.95. The van der Waals surface area contributed by atoms with Crippen molar-refractivity contribution in [1.82, 2.24) is 0 Å². The zero-order chi connectivity index (χ0) is 14.0. The first kappa shape index (κ1) is 13.7. The van der Waals surface area contributed by atoms with Crippen LogP contribution in [0.25, 0.3) is 0 Å². The summed E-state index contributed by atoms with van der Waals surface area (Å²) in [6.07, 6.45) is 0. The van der Waals surface area contributed by atoms with Crippen molar-refractivity contribution in [2.45, 2.75) is 6.92 Å². The molecule has 2 aromatic rings. The van der Waals surface area contributed by atoms with Gasteiger partial charge in [0.2, 0.25) is 0 Å². The van der Waals surface area contributed by atoms with E-state index in [-0.39, 0.29) is 5.91 Å². The number of carbonyl (C=O) groups excluding carboxylic acids is 1. The molecule has 0 aliphatic carbocycles. The van der Waals surface area contributed by atoms with E-state index in [0.29, 0.717) is 10.0 Å². The Morgan fingerprint density at radius 1 is 1.21 bits per heavy atom. The minimum absolute atomic E-state index is 0.235. The fraction of sp³-hybridized carbons (Fsp3) is 0.133. The van der Waals surface area contributed by atoms with Gasteiger partial charge in [0.25, 0.3) is 5.91 Å². The second-order valence-corrected chi connectivity index (χ2v) is 5.13. The van der Waals surface area contributed by atoms with Gasteiger partial charge in [-0.25, -0.2) is 4.39 Å². The van der Waals surface area contributed by atoms with Crippen molar-refractivity contribution in [2.75, 3.05) is 11.9 Å². The van der Waals surface area contributed by atoms with Crippen LogP contribution in [0.5, 0.6) is 0 Å². The topological polar surface area (TPSA) is 20.3 Å². The van der Waals surface area contributed by atoms with Crippen molar-refractivity contribution < 1.29 is 9.18 Å². The number of aryl methyl sites for hydroxylation is 1. The number of hydrogen-bond acceptors (Lipinski definition) is 1. The van der Waals surface area contributed by atoms with Crippen LogP contribution >= 0.6 is 15.9 Å². The van der Waals surface area contributed by atoms with Gasteiger partial charge in [0, 0.05) is 18.3 Å². The lowest BCUT2D eigenvalue weighted by molar-refractivity contribution is 0.0992. The molecular weight excluding hydrogens is 309 g/mol. The maximum Gasteiger partial charge on any atom is 0.258 e. The molecule has 0 saturated carbocycles. The highest BCUT2D eigenvalue weighted by Gasteiger charge is 2.16. The first-order chi connectivity index (χ1) is 9.00. The van der Waals surface area contributed by atoms with Gasteiger partial charge >= 0.3 is 0 Å². The van der Waals surface area contributed by atoms with Crippen molar-refractivity contribution in [3.05, 3.63) is 63.9 Å². The average molecular weight is 322 g/mol. The summed E-state index contributed by atoms with van der Waals surface area (Å²) in [6.45, 7) is 1.93. The molecule has 0 N–H and O–H groups in total. The number of nitrogens with zero attached hydrogens (tertiary/aromatic N) is 1. The van der Waals surface area contributed by atoms with Gasteiger partial charge in [0.05, 0.1) is 4.47 Å². The number of halogens is 2. The molecule has 0 radical (unpaired) electrons. The van der Waals surface area contributed by atoms with Gasteiger partial charge in [0.15, 0.2) is 0 Å². The molecular formula is C15H13BrFNO. The summed E-state index contributed by atoms with van der Waals surface area (Å²) in [5, 5.41) is 0. The molecule has 0 atom stereocenters. The Morgan fingerprint density at radius 3 is 2.53 bits per heavy atom. The third kappa shape index (κ3) is 2.84. The van der Waals surface area contributed by atoms with E-state index in [2.05, 4.69) is 15.9 Å². The smallest absolute Gasteiger partial charge is 0.258 e. The van der Waals surface area contributed by atoms with Gasteiger partial charge in [-0.2, -0.15) is 0 Å². The first-order valence-electron chi connectivity index (χ1n) is 5.79. The van der Waals surface area contributed by atoms with E-state index in [1.165, 1.54) is 17.0 Å². The monoisotopic (exact) mass is 321 g/mol. The molecule has 0 aromatic heterocycles.